The van der Waals surface area contributed by atoms with E-state index in [1.165, 1.54) is 6.42 Å². The van der Waals surface area contributed by atoms with E-state index in [9.17, 15) is 10.1 Å². The van der Waals surface area contributed by atoms with Crippen molar-refractivity contribution in [2.45, 2.75) is 51.6 Å². The summed E-state index contributed by atoms with van der Waals surface area (Å²) in [5.41, 5.74) is -0.786. The van der Waals surface area contributed by atoms with Crippen LogP contribution in [0, 0.1) is 17.2 Å². The van der Waals surface area contributed by atoms with Gasteiger partial charge < -0.3 is 10.6 Å². The topological polar surface area (TPSA) is 68.2 Å². The number of likely N-dealkylation sites (tertiary alicyclic amines) is 1. The summed E-state index contributed by atoms with van der Waals surface area (Å²) < 4.78 is 0. The number of hydrogen-bond donors (Lipinski definition) is 2. The van der Waals surface area contributed by atoms with Crippen molar-refractivity contribution >= 4 is 5.91 Å². The summed E-state index contributed by atoms with van der Waals surface area (Å²) in [7, 11) is 1.94. The van der Waals surface area contributed by atoms with E-state index in [1.54, 1.807) is 6.92 Å². The zero-order valence-corrected chi connectivity index (χ0v) is 13.2. The number of nitrogens with one attached hydrogen (secondary N) is 2. The lowest BCUT2D eigenvalue weighted by Gasteiger charge is -2.36. The Morgan fingerprint density at radius 2 is 2.20 bits per heavy atom. The summed E-state index contributed by atoms with van der Waals surface area (Å²) in [5, 5.41) is 15.3. The molecule has 0 radical (unpaired) electrons. The van der Waals surface area contributed by atoms with Crippen LogP contribution in [0.15, 0.2) is 0 Å². The molecule has 0 aromatic rings. The number of carbonyl (C=O) groups is 1. The summed E-state index contributed by atoms with van der Waals surface area (Å²) >= 11 is 0. The van der Waals surface area contributed by atoms with Crippen molar-refractivity contribution < 1.29 is 4.79 Å². The highest BCUT2D eigenvalue weighted by molar-refractivity contribution is 5.79. The van der Waals surface area contributed by atoms with Crippen molar-refractivity contribution in [3.8, 4) is 6.07 Å². The number of amides is 1. The molecule has 2 N–H and O–H groups in total. The quantitative estimate of drug-likeness (QED) is 0.765. The van der Waals surface area contributed by atoms with Crippen molar-refractivity contribution in [1.29, 1.82) is 5.26 Å². The molecule has 1 fully saturated rings. The molecule has 20 heavy (non-hydrogen) atoms. The van der Waals surface area contributed by atoms with Crippen LogP contribution in [0.5, 0.6) is 0 Å². The molecule has 0 bridgehead atoms. The Balaban J connectivity index is 2.58. The lowest BCUT2D eigenvalue weighted by atomic mass is 9.90. The van der Waals surface area contributed by atoms with Crippen LogP contribution >= 0.6 is 0 Å². The fourth-order valence-electron chi connectivity index (χ4n) is 2.55. The van der Waals surface area contributed by atoms with Crippen LogP contribution in [-0.4, -0.2) is 49.1 Å². The second-order valence-corrected chi connectivity index (χ2v) is 6.19. The Labute approximate surface area is 122 Å². The minimum absolute atomic E-state index is 0.0502. The van der Waals surface area contributed by atoms with Gasteiger partial charge in [0.25, 0.3) is 0 Å². The normalized spacial score (nSPS) is 23.1. The Bertz CT molecular complexity index is 361. The van der Waals surface area contributed by atoms with E-state index in [0.717, 1.165) is 25.9 Å². The molecule has 114 valence electrons. The SMILES string of the molecule is CNCC1CCCCN1CC(=O)NC(C)(C#N)C(C)C. The van der Waals surface area contributed by atoms with Gasteiger partial charge in [0.05, 0.1) is 12.6 Å². The van der Waals surface area contributed by atoms with E-state index in [-0.39, 0.29) is 11.8 Å². The molecule has 0 aliphatic carbocycles. The zero-order valence-electron chi connectivity index (χ0n) is 13.2. The monoisotopic (exact) mass is 280 g/mol. The standard InChI is InChI=1S/C15H28N4O/c1-12(2)15(3,11-16)18-14(20)10-19-8-6-5-7-13(19)9-17-4/h12-13,17H,5-10H2,1-4H3,(H,18,20). The van der Waals surface area contributed by atoms with Gasteiger partial charge in [-0.15, -0.1) is 0 Å². The fraction of sp³-hybridized carbons (Fsp3) is 0.867. The summed E-state index contributed by atoms with van der Waals surface area (Å²) in [4.78, 5) is 14.4. The maximum atomic E-state index is 12.2. The molecule has 1 saturated heterocycles. The van der Waals surface area contributed by atoms with Gasteiger partial charge in [-0.05, 0) is 39.3 Å². The Hall–Kier alpha value is -1.12. The number of likely N-dealkylation sites (N-methyl/N-ethyl adjacent to an activating group) is 1. The molecule has 0 aromatic carbocycles. The van der Waals surface area contributed by atoms with E-state index < -0.39 is 5.54 Å². The van der Waals surface area contributed by atoms with Crippen LogP contribution in [0.4, 0.5) is 0 Å². The molecule has 0 saturated carbocycles. The largest absolute Gasteiger partial charge is 0.337 e. The summed E-state index contributed by atoms with van der Waals surface area (Å²) in [6.45, 7) is 7.95. The second kappa shape index (κ2) is 7.61. The first-order valence-corrected chi connectivity index (χ1v) is 7.54. The van der Waals surface area contributed by atoms with E-state index in [1.807, 2.05) is 20.9 Å². The first kappa shape index (κ1) is 16.9. The molecule has 0 aromatic heterocycles. The van der Waals surface area contributed by atoms with Gasteiger partial charge in [0, 0.05) is 12.6 Å². The van der Waals surface area contributed by atoms with Gasteiger partial charge in [0.2, 0.25) is 5.91 Å². The van der Waals surface area contributed by atoms with E-state index in [4.69, 9.17) is 0 Å². The minimum atomic E-state index is -0.786. The molecule has 5 nitrogen and oxygen atoms in total. The highest BCUT2D eigenvalue weighted by Crippen LogP contribution is 2.18. The zero-order chi connectivity index (χ0) is 15.2. The number of rotatable bonds is 6. The van der Waals surface area contributed by atoms with E-state index in [0.29, 0.717) is 12.6 Å². The molecule has 1 aliphatic rings. The van der Waals surface area contributed by atoms with Crippen LogP contribution in [0.25, 0.3) is 0 Å². The summed E-state index contributed by atoms with van der Waals surface area (Å²) in [6, 6.07) is 2.64. The van der Waals surface area contributed by atoms with Crippen LogP contribution in [0.3, 0.4) is 0 Å². The van der Waals surface area contributed by atoms with Crippen molar-refractivity contribution in [3.05, 3.63) is 0 Å². The third-order valence-corrected chi connectivity index (χ3v) is 4.32. The Kier molecular flexibility index (Phi) is 6.44. The van der Waals surface area contributed by atoms with E-state index >= 15 is 0 Å². The molecule has 2 unspecified atom stereocenters. The number of nitrogens with zero attached hydrogens (tertiary/aromatic N) is 2. The third-order valence-electron chi connectivity index (χ3n) is 4.32. The predicted molar refractivity (Wildman–Crippen MR) is 80.1 cm³/mol. The Morgan fingerprint density at radius 3 is 2.75 bits per heavy atom. The first-order valence-electron chi connectivity index (χ1n) is 7.54. The van der Waals surface area contributed by atoms with Crippen molar-refractivity contribution in [2.75, 3.05) is 26.7 Å². The molecule has 1 aliphatic heterocycles. The average Bonchev–Trinajstić information content (AvgIpc) is 2.40. The van der Waals surface area contributed by atoms with Crippen molar-refractivity contribution in [1.82, 2.24) is 15.5 Å². The first-order chi connectivity index (χ1) is 9.42. The van der Waals surface area contributed by atoms with Gasteiger partial charge in [-0.1, -0.05) is 20.3 Å². The third kappa shape index (κ3) is 4.46. The number of piperidine rings is 1. The summed E-state index contributed by atoms with van der Waals surface area (Å²) in [6.07, 6.45) is 3.51. The molecule has 1 rings (SSSR count). The van der Waals surface area contributed by atoms with Gasteiger partial charge >= 0.3 is 0 Å². The van der Waals surface area contributed by atoms with Crippen molar-refractivity contribution in [3.63, 3.8) is 0 Å². The molecular weight excluding hydrogens is 252 g/mol. The highest BCUT2D eigenvalue weighted by atomic mass is 16.2. The van der Waals surface area contributed by atoms with Crippen LogP contribution in [-0.2, 0) is 4.79 Å². The van der Waals surface area contributed by atoms with Gasteiger partial charge in [0.1, 0.15) is 5.54 Å². The minimum Gasteiger partial charge on any atom is -0.337 e. The average molecular weight is 280 g/mol. The lowest BCUT2D eigenvalue weighted by Crippen LogP contribution is -2.54. The van der Waals surface area contributed by atoms with Crippen molar-refractivity contribution in [2.24, 2.45) is 5.92 Å². The predicted octanol–water partition coefficient (Wildman–Crippen LogP) is 1.11. The maximum absolute atomic E-state index is 12.2. The van der Waals surface area contributed by atoms with Gasteiger partial charge in [-0.3, -0.25) is 9.69 Å². The number of nitriles is 1. The van der Waals surface area contributed by atoms with Gasteiger partial charge in [0.15, 0.2) is 0 Å². The van der Waals surface area contributed by atoms with Crippen LogP contribution < -0.4 is 10.6 Å². The number of hydrogen-bond acceptors (Lipinski definition) is 4. The maximum Gasteiger partial charge on any atom is 0.235 e. The lowest BCUT2D eigenvalue weighted by molar-refractivity contribution is -0.124. The number of carbonyl (C=O) groups excluding carboxylic acids is 1. The second-order valence-electron chi connectivity index (χ2n) is 6.19. The van der Waals surface area contributed by atoms with Gasteiger partial charge in [-0.2, -0.15) is 5.26 Å². The fourth-order valence-corrected chi connectivity index (χ4v) is 2.55. The summed E-state index contributed by atoms with van der Waals surface area (Å²) in [5.74, 6) is 0.0386. The molecule has 0 spiro atoms. The van der Waals surface area contributed by atoms with E-state index in [2.05, 4.69) is 21.6 Å². The molecule has 1 heterocycles. The molecule has 2 atom stereocenters. The molecular formula is C15H28N4O. The Morgan fingerprint density at radius 1 is 1.50 bits per heavy atom. The molecule has 5 heteroatoms. The van der Waals surface area contributed by atoms with Crippen LogP contribution in [0.1, 0.15) is 40.0 Å². The van der Waals surface area contributed by atoms with Crippen LogP contribution in [0.2, 0.25) is 0 Å². The smallest absolute Gasteiger partial charge is 0.235 e. The highest BCUT2D eigenvalue weighted by Gasteiger charge is 2.31. The molecule has 1 amide bonds. The van der Waals surface area contributed by atoms with Gasteiger partial charge in [-0.25, -0.2) is 0 Å².